The summed E-state index contributed by atoms with van der Waals surface area (Å²) in [5.74, 6) is 0.658. The van der Waals surface area contributed by atoms with Crippen molar-refractivity contribution in [1.82, 2.24) is 25.1 Å². The molecule has 2 atom stereocenters. The highest BCUT2D eigenvalue weighted by atomic mass is 32.1. The van der Waals surface area contributed by atoms with E-state index in [4.69, 9.17) is 24.9 Å². The molecule has 0 spiro atoms. The SMILES string of the molecule is COc1cc(C(=O)c2ccc(-c3csc(C(C(N)CNC(=O)c4ccccc4O)C4CCCCC4)n3)cc2-n2cncn2)cc(OC)c1OC. The van der Waals surface area contributed by atoms with Crippen molar-refractivity contribution in [1.29, 1.82) is 0 Å². The highest BCUT2D eigenvalue weighted by Gasteiger charge is 2.33. The molecule has 0 aliphatic heterocycles. The third-order valence-electron chi connectivity index (χ3n) is 9.20. The molecule has 1 aliphatic rings. The average Bonchev–Trinajstić information content (AvgIpc) is 3.87. The number of nitrogens with one attached hydrogen (secondary N) is 1. The van der Waals surface area contributed by atoms with E-state index in [1.807, 2.05) is 17.5 Å². The molecule has 1 amide bonds. The number of phenols is 1. The molecule has 3 aromatic carbocycles. The van der Waals surface area contributed by atoms with Gasteiger partial charge in [0, 0.05) is 40.6 Å². The second-order valence-electron chi connectivity index (χ2n) is 12.2. The van der Waals surface area contributed by atoms with Crippen LogP contribution < -0.4 is 25.3 Å². The minimum absolute atomic E-state index is 0.0746. The molecule has 2 aromatic heterocycles. The van der Waals surface area contributed by atoms with Crippen LogP contribution in [0.4, 0.5) is 0 Å². The lowest BCUT2D eigenvalue weighted by Gasteiger charge is -2.33. The standard InChI is InChI=1S/C37H40N6O6S/c1-47-31-16-24(17-32(48-2)35(31)49-3)34(45)25-14-13-23(15-29(25)43-21-39-20-41-43)28-19-50-37(42-28)33(22-9-5-4-6-10-22)27(38)18-40-36(46)26-11-7-8-12-30(26)44/h7-8,11-17,19-22,27,33,44H,4-6,9-10,18,38H2,1-3H3,(H,40,46). The van der Waals surface area contributed by atoms with Crippen LogP contribution in [0.5, 0.6) is 23.0 Å². The number of ether oxygens (including phenoxy) is 3. The van der Waals surface area contributed by atoms with Crippen LogP contribution in [0, 0.1) is 5.92 Å². The van der Waals surface area contributed by atoms with Gasteiger partial charge in [-0.1, -0.05) is 37.5 Å². The fourth-order valence-corrected chi connectivity index (χ4v) is 7.77. The molecule has 4 N–H and O–H groups in total. The van der Waals surface area contributed by atoms with E-state index < -0.39 is 6.04 Å². The molecular formula is C37H40N6O6S. The summed E-state index contributed by atoms with van der Waals surface area (Å²) in [4.78, 5) is 36.1. The zero-order valence-electron chi connectivity index (χ0n) is 28.2. The first-order valence-electron chi connectivity index (χ1n) is 16.4. The number of amides is 1. The molecule has 2 heterocycles. The topological polar surface area (TPSA) is 164 Å². The molecule has 260 valence electrons. The van der Waals surface area contributed by atoms with Gasteiger partial charge < -0.3 is 30.4 Å². The summed E-state index contributed by atoms with van der Waals surface area (Å²) in [6, 6.07) is 14.8. The number of thiazole rings is 1. The van der Waals surface area contributed by atoms with Gasteiger partial charge in [-0.25, -0.2) is 14.6 Å². The van der Waals surface area contributed by atoms with Crippen molar-refractivity contribution >= 4 is 23.0 Å². The van der Waals surface area contributed by atoms with Gasteiger partial charge in [-0.15, -0.1) is 11.3 Å². The molecule has 1 fully saturated rings. The van der Waals surface area contributed by atoms with Gasteiger partial charge in [-0.3, -0.25) is 9.59 Å². The maximum absolute atomic E-state index is 14.0. The Labute approximate surface area is 294 Å². The second-order valence-corrected chi connectivity index (χ2v) is 13.1. The molecule has 6 rings (SSSR count). The van der Waals surface area contributed by atoms with Crippen LogP contribution in [0.25, 0.3) is 16.9 Å². The summed E-state index contributed by atoms with van der Waals surface area (Å²) in [6.45, 7) is 0.234. The Kier molecular flexibility index (Phi) is 10.7. The number of ketones is 1. The van der Waals surface area contributed by atoms with Gasteiger partial charge in [0.2, 0.25) is 5.75 Å². The van der Waals surface area contributed by atoms with E-state index in [2.05, 4.69) is 15.4 Å². The van der Waals surface area contributed by atoms with Crippen molar-refractivity contribution in [2.75, 3.05) is 27.9 Å². The quantitative estimate of drug-likeness (QED) is 0.129. The molecule has 12 nitrogen and oxygen atoms in total. The third kappa shape index (κ3) is 7.19. The number of benzene rings is 3. The predicted molar refractivity (Wildman–Crippen MR) is 190 cm³/mol. The normalized spacial score (nSPS) is 14.5. The Hall–Kier alpha value is -5.27. The Bertz CT molecular complexity index is 1930. The van der Waals surface area contributed by atoms with Gasteiger partial charge in [0.05, 0.1) is 43.3 Å². The molecule has 0 bridgehead atoms. The minimum atomic E-state index is -0.393. The first-order chi connectivity index (χ1) is 24.3. The Balaban J connectivity index is 1.31. The van der Waals surface area contributed by atoms with Crippen LogP contribution in [0.2, 0.25) is 0 Å². The highest BCUT2D eigenvalue weighted by Crippen LogP contribution is 2.41. The fraction of sp³-hybridized carbons (Fsp3) is 0.324. The largest absolute Gasteiger partial charge is 0.507 e. The number of carbonyl (C=O) groups is 2. The van der Waals surface area contributed by atoms with E-state index in [-0.39, 0.29) is 35.5 Å². The van der Waals surface area contributed by atoms with Crippen LogP contribution in [-0.4, -0.2) is 70.5 Å². The molecule has 13 heteroatoms. The summed E-state index contributed by atoms with van der Waals surface area (Å²) >= 11 is 1.54. The fourth-order valence-electron chi connectivity index (χ4n) is 6.67. The van der Waals surface area contributed by atoms with Crippen molar-refractivity contribution in [3.05, 3.63) is 94.3 Å². The molecule has 1 saturated carbocycles. The summed E-state index contributed by atoms with van der Waals surface area (Å²) in [5.41, 5.74) is 9.87. The van der Waals surface area contributed by atoms with Crippen molar-refractivity contribution in [3.8, 4) is 39.9 Å². The third-order valence-corrected chi connectivity index (χ3v) is 10.1. The first-order valence-corrected chi connectivity index (χ1v) is 17.3. The number of hydrogen-bond donors (Lipinski definition) is 3. The van der Waals surface area contributed by atoms with Gasteiger partial charge >= 0.3 is 0 Å². The number of hydrogen-bond acceptors (Lipinski definition) is 11. The van der Waals surface area contributed by atoms with Gasteiger partial charge in [-0.2, -0.15) is 5.10 Å². The van der Waals surface area contributed by atoms with E-state index >= 15 is 0 Å². The van der Waals surface area contributed by atoms with Crippen molar-refractivity contribution in [2.45, 2.75) is 44.1 Å². The predicted octanol–water partition coefficient (Wildman–Crippen LogP) is 5.77. The lowest BCUT2D eigenvalue weighted by molar-refractivity contribution is 0.0944. The highest BCUT2D eigenvalue weighted by molar-refractivity contribution is 7.10. The van der Waals surface area contributed by atoms with E-state index in [1.54, 1.807) is 58.7 Å². The van der Waals surface area contributed by atoms with Crippen LogP contribution in [0.15, 0.2) is 72.6 Å². The van der Waals surface area contributed by atoms with E-state index in [0.29, 0.717) is 40.0 Å². The van der Waals surface area contributed by atoms with Crippen molar-refractivity contribution < 1.29 is 28.9 Å². The number of methoxy groups -OCH3 is 3. The Morgan fingerprint density at radius 3 is 2.40 bits per heavy atom. The van der Waals surface area contributed by atoms with Crippen LogP contribution in [-0.2, 0) is 0 Å². The summed E-state index contributed by atoms with van der Waals surface area (Å²) in [7, 11) is 4.51. The van der Waals surface area contributed by atoms with Gasteiger partial charge in [0.1, 0.15) is 18.4 Å². The molecular weight excluding hydrogens is 657 g/mol. The Morgan fingerprint density at radius 2 is 1.74 bits per heavy atom. The van der Waals surface area contributed by atoms with Crippen LogP contribution in [0.3, 0.4) is 0 Å². The number of phenolic OH excluding ortho intramolecular Hbond substituents is 1. The maximum atomic E-state index is 14.0. The number of nitrogens with zero attached hydrogens (tertiary/aromatic N) is 4. The lowest BCUT2D eigenvalue weighted by Crippen LogP contribution is -2.43. The Morgan fingerprint density at radius 1 is 1.00 bits per heavy atom. The monoisotopic (exact) mass is 696 g/mol. The van der Waals surface area contributed by atoms with E-state index in [9.17, 15) is 14.7 Å². The van der Waals surface area contributed by atoms with Crippen molar-refractivity contribution in [3.63, 3.8) is 0 Å². The maximum Gasteiger partial charge on any atom is 0.255 e. The van der Waals surface area contributed by atoms with Gasteiger partial charge in [-0.05, 0) is 55.2 Å². The number of rotatable bonds is 13. The minimum Gasteiger partial charge on any atom is -0.507 e. The summed E-state index contributed by atoms with van der Waals surface area (Å²) < 4.78 is 18.0. The van der Waals surface area contributed by atoms with Gasteiger partial charge in [0.25, 0.3) is 5.91 Å². The van der Waals surface area contributed by atoms with E-state index in [1.165, 1.54) is 40.1 Å². The van der Waals surface area contributed by atoms with Gasteiger partial charge in [0.15, 0.2) is 17.3 Å². The van der Waals surface area contributed by atoms with Crippen molar-refractivity contribution in [2.24, 2.45) is 11.7 Å². The molecule has 2 unspecified atom stereocenters. The number of nitrogens with two attached hydrogens (primary N) is 1. The zero-order valence-corrected chi connectivity index (χ0v) is 29.0. The summed E-state index contributed by atoms with van der Waals surface area (Å²) in [5, 5.41) is 20.3. The number of aromatic hydroxyl groups is 1. The lowest BCUT2D eigenvalue weighted by atomic mass is 9.77. The second kappa shape index (κ2) is 15.5. The summed E-state index contributed by atoms with van der Waals surface area (Å²) in [6.07, 6.45) is 8.47. The molecule has 1 aliphatic carbocycles. The smallest absolute Gasteiger partial charge is 0.255 e. The first kappa shape index (κ1) is 34.6. The average molecular weight is 697 g/mol. The molecule has 50 heavy (non-hydrogen) atoms. The molecule has 0 saturated heterocycles. The van der Waals surface area contributed by atoms with Crippen LogP contribution >= 0.6 is 11.3 Å². The van der Waals surface area contributed by atoms with Crippen LogP contribution in [0.1, 0.15) is 69.3 Å². The number of para-hydroxylation sites is 1. The molecule has 0 radical (unpaired) electrons. The molecule has 5 aromatic rings. The van der Waals surface area contributed by atoms with E-state index in [0.717, 1.165) is 41.9 Å². The zero-order chi connectivity index (χ0) is 35.2. The number of aromatic nitrogens is 4. The number of carbonyl (C=O) groups excluding carboxylic acids is 2.